The standard InChI is InChI=1S/C19H21F3N4O2/c1-5-26-9-8-13-15(17(26)27)24-25(4)16(13)18(28,11(2)3)12-6-7-14(23-10-12)19(20,21)22/h6-11,28H,5H2,1-4H3. The predicted molar refractivity (Wildman–Crippen MR) is 97.7 cm³/mol. The molecule has 1 N–H and O–H groups in total. The second kappa shape index (κ2) is 6.73. The maximum Gasteiger partial charge on any atom is 0.433 e. The van der Waals surface area contributed by atoms with Crippen molar-refractivity contribution < 1.29 is 18.3 Å². The van der Waals surface area contributed by atoms with E-state index in [1.54, 1.807) is 33.2 Å². The summed E-state index contributed by atoms with van der Waals surface area (Å²) in [6.45, 7) is 5.78. The predicted octanol–water partition coefficient (Wildman–Crippen LogP) is 3.06. The highest BCUT2D eigenvalue weighted by molar-refractivity contribution is 5.82. The molecule has 0 radical (unpaired) electrons. The summed E-state index contributed by atoms with van der Waals surface area (Å²) in [6, 6.07) is 3.74. The Kier molecular flexibility index (Phi) is 4.82. The van der Waals surface area contributed by atoms with Crippen LogP contribution in [-0.4, -0.2) is 24.4 Å². The summed E-state index contributed by atoms with van der Waals surface area (Å²) in [5.74, 6) is -0.432. The zero-order chi connectivity index (χ0) is 20.9. The molecule has 6 nitrogen and oxygen atoms in total. The first-order valence-corrected chi connectivity index (χ1v) is 8.84. The van der Waals surface area contributed by atoms with Crippen molar-refractivity contribution in [1.29, 1.82) is 0 Å². The molecule has 1 unspecified atom stereocenters. The third kappa shape index (κ3) is 2.99. The first kappa shape index (κ1) is 20.1. The van der Waals surface area contributed by atoms with Gasteiger partial charge in [-0.05, 0) is 25.0 Å². The topological polar surface area (TPSA) is 72.9 Å². The quantitative estimate of drug-likeness (QED) is 0.738. The van der Waals surface area contributed by atoms with Gasteiger partial charge < -0.3 is 9.67 Å². The van der Waals surface area contributed by atoms with E-state index in [1.807, 2.05) is 6.92 Å². The smallest absolute Gasteiger partial charge is 0.378 e. The monoisotopic (exact) mass is 394 g/mol. The number of rotatable bonds is 4. The maximum atomic E-state index is 12.9. The van der Waals surface area contributed by atoms with E-state index in [9.17, 15) is 23.1 Å². The van der Waals surface area contributed by atoms with Gasteiger partial charge in [0.1, 0.15) is 11.3 Å². The van der Waals surface area contributed by atoms with Crippen molar-refractivity contribution in [1.82, 2.24) is 19.3 Å². The Hall–Kier alpha value is -2.68. The Morgan fingerprint density at radius 2 is 1.89 bits per heavy atom. The Labute approximate surface area is 159 Å². The molecule has 3 aromatic rings. The van der Waals surface area contributed by atoms with Crippen LogP contribution in [0.3, 0.4) is 0 Å². The number of nitrogens with zero attached hydrogens (tertiary/aromatic N) is 4. The molecule has 0 amide bonds. The van der Waals surface area contributed by atoms with Crippen LogP contribution >= 0.6 is 0 Å². The van der Waals surface area contributed by atoms with Gasteiger partial charge in [0.15, 0.2) is 5.52 Å². The zero-order valence-corrected chi connectivity index (χ0v) is 15.9. The highest BCUT2D eigenvalue weighted by Crippen LogP contribution is 2.40. The largest absolute Gasteiger partial charge is 0.433 e. The molecule has 3 aromatic heterocycles. The van der Waals surface area contributed by atoms with Crippen LogP contribution in [0, 0.1) is 5.92 Å². The van der Waals surface area contributed by atoms with E-state index in [4.69, 9.17) is 0 Å². The van der Waals surface area contributed by atoms with Crippen molar-refractivity contribution in [3.63, 3.8) is 0 Å². The number of aryl methyl sites for hydroxylation is 2. The summed E-state index contributed by atoms with van der Waals surface area (Å²) >= 11 is 0. The number of halogens is 3. The number of hydrogen-bond donors (Lipinski definition) is 1. The molecule has 150 valence electrons. The summed E-state index contributed by atoms with van der Waals surface area (Å²) in [5, 5.41) is 16.3. The maximum absolute atomic E-state index is 12.9. The lowest BCUT2D eigenvalue weighted by Crippen LogP contribution is -2.36. The first-order chi connectivity index (χ1) is 13.0. The summed E-state index contributed by atoms with van der Waals surface area (Å²) in [6.07, 6.45) is -1.94. The third-order valence-corrected chi connectivity index (χ3v) is 5.00. The fourth-order valence-corrected chi connectivity index (χ4v) is 3.46. The fourth-order valence-electron chi connectivity index (χ4n) is 3.46. The molecule has 3 rings (SSSR count). The number of aliphatic hydroxyl groups is 1. The molecule has 0 aliphatic rings. The molecule has 0 spiro atoms. The number of alkyl halides is 3. The van der Waals surface area contributed by atoms with Crippen LogP contribution in [-0.2, 0) is 25.4 Å². The lowest BCUT2D eigenvalue weighted by molar-refractivity contribution is -0.141. The number of fused-ring (bicyclic) bond motifs is 1. The van der Waals surface area contributed by atoms with E-state index < -0.39 is 23.4 Å². The molecule has 9 heteroatoms. The highest BCUT2D eigenvalue weighted by atomic mass is 19.4. The molecule has 0 saturated heterocycles. The molecule has 28 heavy (non-hydrogen) atoms. The van der Waals surface area contributed by atoms with Crippen molar-refractivity contribution in [2.45, 2.75) is 39.1 Å². The van der Waals surface area contributed by atoms with Crippen molar-refractivity contribution >= 4 is 10.9 Å². The minimum absolute atomic E-state index is 0.195. The van der Waals surface area contributed by atoms with E-state index in [0.29, 0.717) is 17.6 Å². The molecule has 3 heterocycles. The van der Waals surface area contributed by atoms with Crippen LogP contribution in [0.1, 0.15) is 37.7 Å². The minimum atomic E-state index is -4.57. The zero-order valence-electron chi connectivity index (χ0n) is 15.9. The lowest BCUT2D eigenvalue weighted by atomic mass is 9.80. The molecular formula is C19H21F3N4O2. The van der Waals surface area contributed by atoms with Crippen LogP contribution in [0.2, 0.25) is 0 Å². The second-order valence-electron chi connectivity index (χ2n) is 6.99. The molecular weight excluding hydrogens is 373 g/mol. The highest BCUT2D eigenvalue weighted by Gasteiger charge is 2.41. The summed E-state index contributed by atoms with van der Waals surface area (Å²) < 4.78 is 41.5. The normalized spacial score (nSPS) is 14.6. The Morgan fingerprint density at radius 3 is 2.39 bits per heavy atom. The summed E-state index contributed by atoms with van der Waals surface area (Å²) in [5.41, 5.74) is -2.30. The number of hydrogen-bond acceptors (Lipinski definition) is 4. The summed E-state index contributed by atoms with van der Waals surface area (Å²) in [7, 11) is 1.59. The minimum Gasteiger partial charge on any atom is -0.378 e. The molecule has 0 aliphatic carbocycles. The molecule has 0 aromatic carbocycles. The first-order valence-electron chi connectivity index (χ1n) is 8.84. The van der Waals surface area contributed by atoms with Crippen LogP contribution in [0.4, 0.5) is 13.2 Å². The molecule has 0 saturated carbocycles. The van der Waals surface area contributed by atoms with Crippen molar-refractivity contribution in [3.05, 3.63) is 57.9 Å². The van der Waals surface area contributed by atoms with E-state index in [1.165, 1.54) is 15.3 Å². The average molecular weight is 394 g/mol. The van der Waals surface area contributed by atoms with Crippen LogP contribution in [0.25, 0.3) is 10.9 Å². The third-order valence-electron chi connectivity index (χ3n) is 5.00. The van der Waals surface area contributed by atoms with E-state index >= 15 is 0 Å². The van der Waals surface area contributed by atoms with Crippen LogP contribution < -0.4 is 5.56 Å². The molecule has 1 atom stereocenters. The average Bonchev–Trinajstić information content (AvgIpc) is 2.98. The van der Waals surface area contributed by atoms with Gasteiger partial charge in [0.05, 0.1) is 5.69 Å². The summed E-state index contributed by atoms with van der Waals surface area (Å²) in [4.78, 5) is 16.1. The van der Waals surface area contributed by atoms with Gasteiger partial charge in [-0.3, -0.25) is 14.5 Å². The van der Waals surface area contributed by atoms with Crippen molar-refractivity contribution in [2.24, 2.45) is 13.0 Å². The van der Waals surface area contributed by atoms with Gasteiger partial charge in [0.25, 0.3) is 5.56 Å². The van der Waals surface area contributed by atoms with Crippen LogP contribution in [0.5, 0.6) is 0 Å². The van der Waals surface area contributed by atoms with Gasteiger partial charge in [-0.2, -0.15) is 18.3 Å². The lowest BCUT2D eigenvalue weighted by Gasteiger charge is -2.33. The fraction of sp³-hybridized carbons (Fsp3) is 0.421. The molecule has 0 fully saturated rings. The van der Waals surface area contributed by atoms with E-state index in [2.05, 4.69) is 10.1 Å². The van der Waals surface area contributed by atoms with E-state index in [-0.39, 0.29) is 16.6 Å². The number of pyridine rings is 2. The Bertz CT molecular complexity index is 1070. The van der Waals surface area contributed by atoms with Gasteiger partial charge >= 0.3 is 6.18 Å². The number of aromatic nitrogens is 4. The second-order valence-corrected chi connectivity index (χ2v) is 6.99. The SMILES string of the molecule is CCn1ccc2c(C(O)(c3ccc(C(F)(F)F)nc3)C(C)C)n(C)nc2c1=O. The van der Waals surface area contributed by atoms with Gasteiger partial charge in [-0.15, -0.1) is 0 Å². The van der Waals surface area contributed by atoms with E-state index in [0.717, 1.165) is 12.3 Å². The van der Waals surface area contributed by atoms with Gasteiger partial charge in [-0.25, -0.2) is 0 Å². The van der Waals surface area contributed by atoms with Gasteiger partial charge in [0.2, 0.25) is 0 Å². The van der Waals surface area contributed by atoms with Crippen molar-refractivity contribution in [3.8, 4) is 0 Å². The Balaban J connectivity index is 2.27. The van der Waals surface area contributed by atoms with Crippen LogP contribution in [0.15, 0.2) is 35.4 Å². The van der Waals surface area contributed by atoms with Crippen molar-refractivity contribution in [2.75, 3.05) is 0 Å². The Morgan fingerprint density at radius 1 is 1.21 bits per heavy atom. The molecule has 0 aliphatic heterocycles. The van der Waals surface area contributed by atoms with Gasteiger partial charge in [-0.1, -0.05) is 19.9 Å². The van der Waals surface area contributed by atoms with Gasteiger partial charge in [0, 0.05) is 36.9 Å². The molecule has 0 bridgehead atoms.